The van der Waals surface area contributed by atoms with Crippen LogP contribution in [0.1, 0.15) is 24.5 Å². The van der Waals surface area contributed by atoms with Crippen LogP contribution in [0.4, 0.5) is 4.39 Å². The number of piperidine rings is 1. The summed E-state index contributed by atoms with van der Waals surface area (Å²) in [6.45, 7) is 1.55. The first kappa shape index (κ1) is 14.7. The highest BCUT2D eigenvalue weighted by Crippen LogP contribution is 2.33. The third-order valence-electron chi connectivity index (χ3n) is 4.71. The van der Waals surface area contributed by atoms with E-state index in [-0.39, 0.29) is 5.82 Å². The average Bonchev–Trinajstić information content (AvgIpc) is 3.02. The summed E-state index contributed by atoms with van der Waals surface area (Å²) < 4.78 is 15.1. The topological polar surface area (TPSA) is 44.9 Å². The molecule has 0 saturated carbocycles. The van der Waals surface area contributed by atoms with Gasteiger partial charge in [-0.1, -0.05) is 18.2 Å². The molecule has 0 radical (unpaired) electrons. The normalized spacial score (nSPS) is 15.6. The fourth-order valence-electron chi connectivity index (χ4n) is 3.42. The van der Waals surface area contributed by atoms with Crippen LogP contribution in [-0.4, -0.2) is 27.8 Å². The molecular formula is C19H17FN4. The minimum Gasteiger partial charge on any atom is -0.311 e. The van der Waals surface area contributed by atoms with E-state index < -0.39 is 0 Å². The Morgan fingerprint density at radius 3 is 2.46 bits per heavy atom. The van der Waals surface area contributed by atoms with Crippen LogP contribution in [0, 0.1) is 17.3 Å². The van der Waals surface area contributed by atoms with Gasteiger partial charge in [0.25, 0.3) is 0 Å². The Balaban J connectivity index is 1.77. The summed E-state index contributed by atoms with van der Waals surface area (Å²) >= 11 is 0. The molecule has 2 heterocycles. The molecule has 1 aliphatic rings. The van der Waals surface area contributed by atoms with Crippen molar-refractivity contribution >= 4 is 10.9 Å². The van der Waals surface area contributed by atoms with Crippen molar-refractivity contribution in [3.63, 3.8) is 0 Å². The fraction of sp³-hybridized carbons (Fsp3) is 0.263. The number of hydrogen-bond acceptors (Lipinski definition) is 3. The van der Waals surface area contributed by atoms with Crippen molar-refractivity contribution in [3.8, 4) is 11.9 Å². The number of halogens is 1. The largest absolute Gasteiger partial charge is 0.311 e. The summed E-state index contributed by atoms with van der Waals surface area (Å²) in [5.41, 5.74) is 2.96. The van der Waals surface area contributed by atoms with Crippen LogP contribution in [0.15, 0.2) is 48.5 Å². The van der Waals surface area contributed by atoms with E-state index in [4.69, 9.17) is 10.4 Å². The predicted octanol–water partition coefficient (Wildman–Crippen LogP) is 3.83. The molecule has 1 saturated heterocycles. The maximum atomic E-state index is 13.2. The quantitative estimate of drug-likeness (QED) is 0.674. The number of aromatic nitrogens is 2. The molecule has 1 fully saturated rings. The smallest absolute Gasteiger partial charge is 0.179 e. The first-order chi connectivity index (χ1) is 11.8. The number of benzene rings is 2. The minimum absolute atomic E-state index is 0.251. The summed E-state index contributed by atoms with van der Waals surface area (Å²) in [5.74, 6) is 0.0977. The lowest BCUT2D eigenvalue weighted by molar-refractivity contribution is 0.293. The molecule has 1 aliphatic heterocycles. The van der Waals surface area contributed by atoms with Crippen LogP contribution < -0.4 is 0 Å². The zero-order chi connectivity index (χ0) is 16.5. The van der Waals surface area contributed by atoms with Crippen molar-refractivity contribution in [2.45, 2.75) is 18.8 Å². The molecule has 4 nitrogen and oxygen atoms in total. The minimum atomic E-state index is -0.251. The van der Waals surface area contributed by atoms with Crippen molar-refractivity contribution in [2.75, 3.05) is 13.1 Å². The van der Waals surface area contributed by atoms with Crippen molar-refractivity contribution in [1.82, 2.24) is 14.7 Å². The lowest BCUT2D eigenvalue weighted by Gasteiger charge is -2.27. The number of likely N-dealkylation sites (tertiary alicyclic amines) is 1. The van der Waals surface area contributed by atoms with Gasteiger partial charge in [0.05, 0.1) is 16.9 Å². The van der Waals surface area contributed by atoms with Crippen LogP contribution >= 0.6 is 0 Å². The zero-order valence-electron chi connectivity index (χ0n) is 13.2. The number of nitriles is 1. The van der Waals surface area contributed by atoms with Gasteiger partial charge in [0, 0.05) is 24.4 Å². The first-order valence-corrected chi connectivity index (χ1v) is 8.14. The Hall–Kier alpha value is -2.87. The summed E-state index contributed by atoms with van der Waals surface area (Å²) in [7, 11) is 0. The highest BCUT2D eigenvalue weighted by Gasteiger charge is 2.24. The number of rotatable bonds is 2. The van der Waals surface area contributed by atoms with Gasteiger partial charge in [-0.3, -0.25) is 0 Å². The molecule has 4 rings (SSSR count). The molecule has 0 amide bonds. The number of nitrogens with zero attached hydrogens (tertiary/aromatic N) is 4. The summed E-state index contributed by atoms with van der Waals surface area (Å²) in [6.07, 6.45) is 4.08. The van der Waals surface area contributed by atoms with Crippen LogP contribution in [0.2, 0.25) is 0 Å². The number of hydrogen-bond donors (Lipinski definition) is 0. The molecule has 0 aliphatic carbocycles. The maximum Gasteiger partial charge on any atom is 0.179 e. The second-order valence-electron chi connectivity index (χ2n) is 6.15. The van der Waals surface area contributed by atoms with Crippen molar-refractivity contribution < 1.29 is 4.39 Å². The molecule has 1 aromatic heterocycles. The molecule has 5 heteroatoms. The van der Waals surface area contributed by atoms with Gasteiger partial charge in [-0.05, 0) is 43.2 Å². The lowest BCUT2D eigenvalue weighted by atomic mass is 9.92. The number of fused-ring (bicyclic) bond motifs is 1. The van der Waals surface area contributed by atoms with E-state index >= 15 is 0 Å². The van der Waals surface area contributed by atoms with E-state index in [2.05, 4.69) is 12.3 Å². The van der Waals surface area contributed by atoms with E-state index in [1.54, 1.807) is 17.0 Å². The van der Waals surface area contributed by atoms with Gasteiger partial charge in [0.2, 0.25) is 0 Å². The van der Waals surface area contributed by atoms with Crippen molar-refractivity contribution in [2.24, 2.45) is 0 Å². The maximum absolute atomic E-state index is 13.2. The Kier molecular flexibility index (Phi) is 3.66. The fourth-order valence-corrected chi connectivity index (χ4v) is 3.42. The Morgan fingerprint density at radius 1 is 1.04 bits per heavy atom. The van der Waals surface area contributed by atoms with Crippen molar-refractivity contribution in [3.05, 3.63) is 60.0 Å². The first-order valence-electron chi connectivity index (χ1n) is 8.14. The molecule has 0 bridgehead atoms. The van der Waals surface area contributed by atoms with Gasteiger partial charge in [-0.15, -0.1) is 0 Å². The average molecular weight is 320 g/mol. The van der Waals surface area contributed by atoms with E-state index in [1.165, 1.54) is 12.1 Å². The highest BCUT2D eigenvalue weighted by atomic mass is 19.1. The molecule has 0 spiro atoms. The van der Waals surface area contributed by atoms with Crippen LogP contribution in [-0.2, 0) is 0 Å². The van der Waals surface area contributed by atoms with E-state index in [0.29, 0.717) is 5.92 Å². The second-order valence-corrected chi connectivity index (χ2v) is 6.15. The third-order valence-corrected chi connectivity index (χ3v) is 4.71. The van der Waals surface area contributed by atoms with Crippen LogP contribution in [0.5, 0.6) is 0 Å². The van der Waals surface area contributed by atoms with E-state index in [1.807, 2.05) is 22.9 Å². The Bertz CT molecular complexity index is 899. The van der Waals surface area contributed by atoms with E-state index in [0.717, 1.165) is 48.2 Å². The van der Waals surface area contributed by atoms with Gasteiger partial charge in [-0.25, -0.2) is 9.07 Å². The monoisotopic (exact) mass is 320 g/mol. The standard InChI is InChI=1S/C19H17FN4/c20-15-5-7-16(8-6-15)24-18-4-2-1-3-17(18)19(22-24)14-9-11-23(13-21)12-10-14/h1-8,14H,9-12H2. The molecule has 120 valence electrons. The summed E-state index contributed by atoms with van der Waals surface area (Å²) in [4.78, 5) is 1.80. The van der Waals surface area contributed by atoms with E-state index in [9.17, 15) is 4.39 Å². The molecule has 3 aromatic rings. The zero-order valence-corrected chi connectivity index (χ0v) is 13.2. The van der Waals surface area contributed by atoms with Gasteiger partial charge >= 0.3 is 0 Å². The molecule has 0 unspecified atom stereocenters. The second kappa shape index (κ2) is 5.97. The SMILES string of the molecule is N#CN1CCC(c2nn(-c3ccc(F)cc3)c3ccccc23)CC1. The molecule has 24 heavy (non-hydrogen) atoms. The lowest BCUT2D eigenvalue weighted by Crippen LogP contribution is -2.29. The van der Waals surface area contributed by atoms with Gasteiger partial charge in [-0.2, -0.15) is 10.4 Å². The molecular weight excluding hydrogens is 303 g/mol. The van der Waals surface area contributed by atoms with Gasteiger partial charge in [0.15, 0.2) is 6.19 Å². The van der Waals surface area contributed by atoms with Crippen LogP contribution in [0.25, 0.3) is 16.6 Å². The summed E-state index contributed by atoms with van der Waals surface area (Å²) in [6, 6.07) is 14.5. The van der Waals surface area contributed by atoms with Gasteiger partial charge < -0.3 is 4.90 Å². The van der Waals surface area contributed by atoms with Crippen molar-refractivity contribution in [1.29, 1.82) is 5.26 Å². The highest BCUT2D eigenvalue weighted by molar-refractivity contribution is 5.84. The molecule has 2 aromatic carbocycles. The molecule has 0 atom stereocenters. The third kappa shape index (κ3) is 2.50. The van der Waals surface area contributed by atoms with Crippen LogP contribution in [0.3, 0.4) is 0 Å². The summed E-state index contributed by atoms with van der Waals surface area (Å²) in [5, 5.41) is 15.0. The Morgan fingerprint density at radius 2 is 1.75 bits per heavy atom. The molecule has 0 N–H and O–H groups in total. The predicted molar refractivity (Wildman–Crippen MR) is 90.2 cm³/mol. The Labute approximate surface area is 139 Å². The number of para-hydroxylation sites is 1. The van der Waals surface area contributed by atoms with Gasteiger partial charge in [0.1, 0.15) is 5.82 Å².